The molecule has 38 heavy (non-hydrogen) atoms. The maximum absolute atomic E-state index is 13.4. The molecule has 1 amide bonds. The van der Waals surface area contributed by atoms with E-state index in [4.69, 9.17) is 9.72 Å². The summed E-state index contributed by atoms with van der Waals surface area (Å²) in [5, 5.41) is 14.3. The van der Waals surface area contributed by atoms with E-state index in [1.54, 1.807) is 23.4 Å². The molecule has 198 valence electrons. The first-order chi connectivity index (χ1) is 18.1. The first-order valence-corrected chi connectivity index (χ1v) is 13.2. The summed E-state index contributed by atoms with van der Waals surface area (Å²) in [4.78, 5) is 31.8. The Labute approximate surface area is 223 Å². The Hall–Kier alpha value is -3.86. The molecule has 0 bridgehead atoms. The maximum atomic E-state index is 13.4. The minimum atomic E-state index is -0.823. The molecular weight excluding hydrogens is 480 g/mol. The van der Waals surface area contributed by atoms with Crippen LogP contribution in [-0.4, -0.2) is 37.9 Å². The Morgan fingerprint density at radius 1 is 1.18 bits per heavy atom. The summed E-state index contributed by atoms with van der Waals surface area (Å²) in [6, 6.07) is 7.94. The van der Waals surface area contributed by atoms with E-state index < -0.39 is 11.4 Å². The van der Waals surface area contributed by atoms with Crippen molar-refractivity contribution < 1.29 is 19.4 Å². The Morgan fingerprint density at radius 3 is 2.61 bits per heavy atom. The number of aromatic nitrogens is 3. The monoisotopic (exact) mass is 514 g/mol. The molecule has 0 unspecified atom stereocenters. The van der Waals surface area contributed by atoms with Crippen molar-refractivity contribution in [2.45, 2.75) is 78.2 Å². The molecule has 2 fully saturated rings. The van der Waals surface area contributed by atoms with E-state index in [0.29, 0.717) is 36.0 Å². The molecule has 2 aliphatic rings. The van der Waals surface area contributed by atoms with Crippen molar-refractivity contribution in [3.8, 4) is 17.7 Å². The van der Waals surface area contributed by atoms with Crippen molar-refractivity contribution in [2.24, 2.45) is 12.5 Å². The Morgan fingerprint density at radius 2 is 1.92 bits per heavy atom. The topological polar surface area (TPSA) is 97.6 Å². The van der Waals surface area contributed by atoms with Crippen LogP contribution < -0.4 is 9.64 Å². The number of carboxylic acid groups (broad SMARTS) is 1. The minimum Gasteiger partial charge on any atom is -0.481 e. The third kappa shape index (κ3) is 4.73. The van der Waals surface area contributed by atoms with Crippen molar-refractivity contribution in [2.75, 3.05) is 4.90 Å². The van der Waals surface area contributed by atoms with Crippen LogP contribution in [0.15, 0.2) is 24.3 Å². The van der Waals surface area contributed by atoms with Crippen molar-refractivity contribution in [3.63, 3.8) is 0 Å². The average Bonchev–Trinajstić information content (AvgIpc) is 3.67. The zero-order valence-corrected chi connectivity index (χ0v) is 22.7. The summed E-state index contributed by atoms with van der Waals surface area (Å²) in [5.74, 6) is 5.52. The molecular formula is C30H34N4O4. The third-order valence-electron chi connectivity index (χ3n) is 7.94. The highest BCUT2D eigenvalue weighted by atomic mass is 16.5. The minimum absolute atomic E-state index is 0.279. The number of nitrogens with zero attached hydrogens (tertiary/aromatic N) is 4. The number of anilines is 2. The van der Waals surface area contributed by atoms with E-state index >= 15 is 0 Å². The highest BCUT2D eigenvalue weighted by Gasteiger charge is 2.40. The van der Waals surface area contributed by atoms with Crippen LogP contribution in [0.1, 0.15) is 75.0 Å². The highest BCUT2D eigenvalue weighted by molar-refractivity contribution is 6.11. The van der Waals surface area contributed by atoms with Crippen LogP contribution in [0.3, 0.4) is 0 Å². The summed E-state index contributed by atoms with van der Waals surface area (Å²) in [5.41, 5.74) is 4.71. The lowest BCUT2D eigenvalue weighted by Gasteiger charge is -2.34. The van der Waals surface area contributed by atoms with Gasteiger partial charge in [-0.1, -0.05) is 12.0 Å². The van der Waals surface area contributed by atoms with Crippen molar-refractivity contribution in [1.29, 1.82) is 0 Å². The van der Waals surface area contributed by atoms with Gasteiger partial charge in [0.25, 0.3) is 5.88 Å². The lowest BCUT2D eigenvalue weighted by atomic mass is 9.74. The van der Waals surface area contributed by atoms with Gasteiger partial charge in [0.15, 0.2) is 5.52 Å². The van der Waals surface area contributed by atoms with Crippen LogP contribution >= 0.6 is 0 Å². The van der Waals surface area contributed by atoms with Crippen LogP contribution in [0, 0.1) is 31.1 Å². The highest BCUT2D eigenvalue weighted by Crippen LogP contribution is 2.47. The molecule has 0 spiro atoms. The number of hydrogen-bond acceptors (Lipinski definition) is 5. The molecule has 1 aromatic carbocycles. The van der Waals surface area contributed by atoms with Gasteiger partial charge in [0.05, 0.1) is 16.6 Å². The van der Waals surface area contributed by atoms with Crippen LogP contribution in [0.2, 0.25) is 0 Å². The zero-order chi connectivity index (χ0) is 27.2. The van der Waals surface area contributed by atoms with Gasteiger partial charge in [-0.25, -0.2) is 4.98 Å². The van der Waals surface area contributed by atoms with Crippen LogP contribution in [0.25, 0.3) is 11.0 Å². The fourth-order valence-electron chi connectivity index (χ4n) is 5.42. The molecule has 0 radical (unpaired) electrons. The standard InChI is InChI=1S/C30H34N4O4/c1-6-8-26(35)34(24-16-19(3)18(2)15-22(24)20-10-11-20)25-13-12-23-27(31-25)28(32-33(23)5)38-21-9-7-14-30(4,17-21)29(36)37/h12-13,15-16,20-21H,7,9-11,14,17H2,1-5H3,(H,36,37)/t21-,30-/m1/s1. The van der Waals surface area contributed by atoms with Gasteiger partial charge in [-0.2, -0.15) is 0 Å². The summed E-state index contributed by atoms with van der Waals surface area (Å²) < 4.78 is 8.00. The number of amides is 1. The number of ether oxygens (including phenoxy) is 1. The van der Waals surface area contributed by atoms with E-state index in [2.05, 4.69) is 36.0 Å². The van der Waals surface area contributed by atoms with Crippen LogP contribution in [0.5, 0.6) is 5.88 Å². The lowest BCUT2D eigenvalue weighted by Crippen LogP contribution is -2.38. The molecule has 2 saturated carbocycles. The summed E-state index contributed by atoms with van der Waals surface area (Å²) in [6.07, 6.45) is 4.47. The number of hydrogen-bond donors (Lipinski definition) is 1. The van der Waals surface area contributed by atoms with Gasteiger partial charge in [0, 0.05) is 13.5 Å². The van der Waals surface area contributed by atoms with Gasteiger partial charge < -0.3 is 9.84 Å². The number of fused-ring (bicyclic) bond motifs is 1. The Bertz CT molecular complexity index is 1490. The van der Waals surface area contributed by atoms with Crippen LogP contribution in [-0.2, 0) is 16.6 Å². The predicted molar refractivity (Wildman–Crippen MR) is 146 cm³/mol. The molecule has 0 aliphatic heterocycles. The first kappa shape index (κ1) is 25.8. The predicted octanol–water partition coefficient (Wildman–Crippen LogP) is 5.56. The molecule has 1 N–H and O–H groups in total. The molecule has 3 aromatic rings. The number of aliphatic carboxylic acids is 1. The van der Waals surface area contributed by atoms with E-state index in [1.165, 1.54) is 5.56 Å². The molecule has 2 atom stereocenters. The zero-order valence-electron chi connectivity index (χ0n) is 22.7. The second kappa shape index (κ2) is 9.79. The molecule has 2 heterocycles. The average molecular weight is 515 g/mol. The fourth-order valence-corrected chi connectivity index (χ4v) is 5.42. The largest absolute Gasteiger partial charge is 0.481 e. The third-order valence-corrected chi connectivity index (χ3v) is 7.94. The summed E-state index contributed by atoms with van der Waals surface area (Å²) in [7, 11) is 1.82. The number of carboxylic acids is 1. The number of carbonyl (C=O) groups is 2. The lowest BCUT2D eigenvalue weighted by molar-refractivity contribution is -0.151. The summed E-state index contributed by atoms with van der Waals surface area (Å²) in [6.45, 7) is 7.56. The van der Waals surface area contributed by atoms with Crippen molar-refractivity contribution in [3.05, 3.63) is 41.0 Å². The molecule has 8 heteroatoms. The van der Waals surface area contributed by atoms with Gasteiger partial charge in [-0.3, -0.25) is 19.2 Å². The van der Waals surface area contributed by atoms with E-state index in [9.17, 15) is 14.7 Å². The Balaban J connectivity index is 1.58. The van der Waals surface area contributed by atoms with E-state index in [0.717, 1.165) is 48.0 Å². The van der Waals surface area contributed by atoms with Crippen molar-refractivity contribution >= 4 is 34.4 Å². The van der Waals surface area contributed by atoms with Gasteiger partial charge >= 0.3 is 11.9 Å². The van der Waals surface area contributed by atoms with E-state index in [-0.39, 0.29) is 12.0 Å². The van der Waals surface area contributed by atoms with Crippen molar-refractivity contribution in [1.82, 2.24) is 14.8 Å². The summed E-state index contributed by atoms with van der Waals surface area (Å²) >= 11 is 0. The first-order valence-electron chi connectivity index (χ1n) is 13.2. The van der Waals surface area contributed by atoms with E-state index in [1.807, 2.05) is 26.1 Å². The quantitative estimate of drug-likeness (QED) is 0.433. The SMILES string of the molecule is CC#CC(=O)N(c1ccc2c(n1)c(O[C@@H]1CCC[C@@](C)(C(=O)O)C1)nn2C)c1cc(C)c(C)cc1C1CC1. The number of aryl methyl sites for hydroxylation is 3. The van der Waals surface area contributed by atoms with Gasteiger partial charge in [-0.15, -0.1) is 5.10 Å². The fraction of sp³-hybridized carbons (Fsp3) is 0.467. The molecule has 0 saturated heterocycles. The number of rotatable bonds is 6. The molecule has 8 nitrogen and oxygen atoms in total. The van der Waals surface area contributed by atoms with Crippen LogP contribution in [0.4, 0.5) is 11.5 Å². The van der Waals surface area contributed by atoms with Gasteiger partial charge in [0.2, 0.25) is 0 Å². The van der Waals surface area contributed by atoms with Gasteiger partial charge in [-0.05, 0) is 107 Å². The molecule has 5 rings (SSSR count). The number of benzene rings is 1. The Kier molecular flexibility index (Phi) is 6.64. The maximum Gasteiger partial charge on any atom is 0.309 e. The number of carbonyl (C=O) groups excluding carboxylic acids is 1. The molecule has 2 aliphatic carbocycles. The number of pyridine rings is 1. The normalized spacial score (nSPS) is 21.0. The van der Waals surface area contributed by atoms with Gasteiger partial charge in [0.1, 0.15) is 11.9 Å². The second-order valence-electron chi connectivity index (χ2n) is 11.0. The molecule has 2 aromatic heterocycles. The second-order valence-corrected chi connectivity index (χ2v) is 11.0. The smallest absolute Gasteiger partial charge is 0.309 e.